The van der Waals surface area contributed by atoms with E-state index in [9.17, 15) is 0 Å². The fourth-order valence-electron chi connectivity index (χ4n) is 2.95. The molecule has 0 heterocycles. The molecule has 0 nitrogen and oxygen atoms in total. The van der Waals surface area contributed by atoms with Crippen molar-refractivity contribution in [2.75, 3.05) is 0 Å². The van der Waals surface area contributed by atoms with E-state index >= 15 is 0 Å². The molecule has 1 heteroatoms. The molecule has 1 fully saturated rings. The third-order valence-corrected chi connectivity index (χ3v) is 5.09. The van der Waals surface area contributed by atoms with Gasteiger partial charge in [-0.15, -0.1) is 11.6 Å². The molecule has 94 valence electrons. The highest BCUT2D eigenvalue weighted by Crippen LogP contribution is 2.42. The van der Waals surface area contributed by atoms with Crippen LogP contribution < -0.4 is 0 Å². The van der Waals surface area contributed by atoms with E-state index in [0.29, 0.717) is 5.41 Å². The van der Waals surface area contributed by atoms with Crippen molar-refractivity contribution < 1.29 is 0 Å². The van der Waals surface area contributed by atoms with Crippen molar-refractivity contribution in [2.24, 2.45) is 5.41 Å². The van der Waals surface area contributed by atoms with Gasteiger partial charge < -0.3 is 0 Å². The van der Waals surface area contributed by atoms with Gasteiger partial charge in [0.1, 0.15) is 0 Å². The minimum absolute atomic E-state index is 0.281. The fraction of sp³-hybridized carbons (Fsp3) is 0.625. The highest BCUT2D eigenvalue weighted by molar-refractivity contribution is 6.21. The Balaban J connectivity index is 2.05. The minimum Gasteiger partial charge on any atom is -0.122 e. The van der Waals surface area contributed by atoms with Crippen LogP contribution in [0.25, 0.3) is 0 Å². The molecule has 1 unspecified atom stereocenters. The van der Waals surface area contributed by atoms with Crippen molar-refractivity contribution in [3.8, 4) is 0 Å². The highest BCUT2D eigenvalue weighted by Gasteiger charge is 2.34. The maximum Gasteiger partial charge on any atom is 0.0430 e. The summed E-state index contributed by atoms with van der Waals surface area (Å²) < 4.78 is 0. The second kappa shape index (κ2) is 5.44. The molecule has 0 bridgehead atoms. The molecule has 0 radical (unpaired) electrons. The monoisotopic (exact) mass is 250 g/mol. The van der Waals surface area contributed by atoms with Gasteiger partial charge in [0, 0.05) is 5.38 Å². The normalized spacial score (nSPS) is 21.1. The Morgan fingerprint density at radius 2 is 1.82 bits per heavy atom. The summed E-state index contributed by atoms with van der Waals surface area (Å²) in [6.07, 6.45) is 7.72. The molecular formula is C16H23Cl. The van der Waals surface area contributed by atoms with Crippen molar-refractivity contribution >= 4 is 11.6 Å². The number of rotatable bonds is 3. The van der Waals surface area contributed by atoms with Crippen LogP contribution in [0.5, 0.6) is 0 Å². The van der Waals surface area contributed by atoms with E-state index in [1.54, 1.807) is 0 Å². The van der Waals surface area contributed by atoms with E-state index in [2.05, 4.69) is 38.1 Å². The van der Waals surface area contributed by atoms with Crippen LogP contribution in [0.15, 0.2) is 24.3 Å². The van der Waals surface area contributed by atoms with Gasteiger partial charge in [0.25, 0.3) is 0 Å². The summed E-state index contributed by atoms with van der Waals surface area (Å²) in [7, 11) is 0. The second-order valence-corrected chi connectivity index (χ2v) is 6.34. The van der Waals surface area contributed by atoms with Gasteiger partial charge in [-0.3, -0.25) is 0 Å². The molecule has 1 aromatic carbocycles. The van der Waals surface area contributed by atoms with Crippen LogP contribution in [-0.4, -0.2) is 5.38 Å². The first-order valence-corrected chi connectivity index (χ1v) is 7.24. The number of halogens is 1. The molecule has 1 saturated carbocycles. The summed E-state index contributed by atoms with van der Waals surface area (Å²) in [6.45, 7) is 4.56. The average Bonchev–Trinajstić information content (AvgIpc) is 2.33. The van der Waals surface area contributed by atoms with Crippen LogP contribution in [0.1, 0.15) is 50.2 Å². The lowest BCUT2D eigenvalue weighted by molar-refractivity contribution is 0.205. The zero-order valence-corrected chi connectivity index (χ0v) is 11.8. The molecule has 17 heavy (non-hydrogen) atoms. The predicted molar refractivity (Wildman–Crippen MR) is 75.7 cm³/mol. The first-order valence-electron chi connectivity index (χ1n) is 6.80. The summed E-state index contributed by atoms with van der Waals surface area (Å²) in [6, 6.07) is 8.62. The van der Waals surface area contributed by atoms with Crippen LogP contribution in [0, 0.1) is 12.3 Å². The largest absolute Gasteiger partial charge is 0.122 e. The summed E-state index contributed by atoms with van der Waals surface area (Å²) >= 11 is 6.71. The second-order valence-electron chi connectivity index (χ2n) is 5.81. The van der Waals surface area contributed by atoms with Gasteiger partial charge >= 0.3 is 0 Å². The molecule has 0 amide bonds. The van der Waals surface area contributed by atoms with E-state index in [-0.39, 0.29) is 5.38 Å². The molecule has 0 saturated heterocycles. The molecule has 0 aliphatic heterocycles. The van der Waals surface area contributed by atoms with Gasteiger partial charge in [-0.05, 0) is 42.7 Å². The lowest BCUT2D eigenvalue weighted by Crippen LogP contribution is -2.32. The Kier molecular flexibility index (Phi) is 4.14. The van der Waals surface area contributed by atoms with E-state index < -0.39 is 0 Å². The van der Waals surface area contributed by atoms with E-state index in [1.807, 2.05) is 0 Å². The lowest BCUT2D eigenvalue weighted by Gasteiger charge is -2.38. The Morgan fingerprint density at radius 1 is 1.18 bits per heavy atom. The number of benzene rings is 1. The van der Waals surface area contributed by atoms with Gasteiger partial charge in [0.15, 0.2) is 0 Å². The van der Waals surface area contributed by atoms with Gasteiger partial charge in [0.05, 0.1) is 0 Å². The van der Waals surface area contributed by atoms with Crippen LogP contribution in [0.3, 0.4) is 0 Å². The fourth-order valence-corrected chi connectivity index (χ4v) is 3.34. The molecule has 2 rings (SSSR count). The van der Waals surface area contributed by atoms with Crippen LogP contribution >= 0.6 is 11.6 Å². The summed E-state index contributed by atoms with van der Waals surface area (Å²) in [5.74, 6) is 0. The SMILES string of the molecule is Cc1ccccc1CC(Cl)C1(C)CCCCC1. The van der Waals surface area contributed by atoms with Crippen LogP contribution in [-0.2, 0) is 6.42 Å². The van der Waals surface area contributed by atoms with Crippen molar-refractivity contribution in [1.82, 2.24) is 0 Å². The van der Waals surface area contributed by atoms with Gasteiger partial charge in [0.2, 0.25) is 0 Å². The number of hydrogen-bond donors (Lipinski definition) is 0. The Labute approximate surface area is 110 Å². The van der Waals surface area contributed by atoms with Crippen molar-refractivity contribution in [3.05, 3.63) is 35.4 Å². The van der Waals surface area contributed by atoms with Crippen molar-refractivity contribution in [3.63, 3.8) is 0 Å². The molecule has 0 aromatic heterocycles. The third-order valence-electron chi connectivity index (χ3n) is 4.41. The zero-order chi connectivity index (χ0) is 12.3. The number of alkyl halides is 1. The topological polar surface area (TPSA) is 0 Å². The Morgan fingerprint density at radius 3 is 2.47 bits per heavy atom. The number of hydrogen-bond acceptors (Lipinski definition) is 0. The Hall–Kier alpha value is -0.490. The van der Waals surface area contributed by atoms with Crippen molar-refractivity contribution in [2.45, 2.75) is 57.7 Å². The first kappa shape index (κ1) is 13.0. The van der Waals surface area contributed by atoms with Gasteiger partial charge in [-0.2, -0.15) is 0 Å². The van der Waals surface area contributed by atoms with Gasteiger partial charge in [-0.25, -0.2) is 0 Å². The van der Waals surface area contributed by atoms with E-state index in [1.165, 1.54) is 43.2 Å². The molecule has 1 atom stereocenters. The standard InChI is InChI=1S/C16H23Cl/c1-13-8-4-5-9-14(13)12-15(17)16(2)10-6-3-7-11-16/h4-5,8-9,15H,3,6-7,10-12H2,1-2H3. The minimum atomic E-state index is 0.281. The molecule has 0 N–H and O–H groups in total. The molecule has 1 aliphatic rings. The van der Waals surface area contributed by atoms with Gasteiger partial charge in [-0.1, -0.05) is 50.5 Å². The maximum absolute atomic E-state index is 6.71. The molecular weight excluding hydrogens is 228 g/mol. The molecule has 1 aliphatic carbocycles. The smallest absolute Gasteiger partial charge is 0.0430 e. The third kappa shape index (κ3) is 3.04. The van der Waals surface area contributed by atoms with Crippen molar-refractivity contribution in [1.29, 1.82) is 0 Å². The zero-order valence-electron chi connectivity index (χ0n) is 11.0. The first-order chi connectivity index (χ1) is 8.12. The van der Waals surface area contributed by atoms with Crippen LogP contribution in [0.2, 0.25) is 0 Å². The molecule has 1 aromatic rings. The molecule has 0 spiro atoms. The quantitative estimate of drug-likeness (QED) is 0.654. The highest BCUT2D eigenvalue weighted by atomic mass is 35.5. The predicted octanol–water partition coefficient (Wildman–Crippen LogP) is 5.12. The lowest BCUT2D eigenvalue weighted by atomic mass is 9.72. The maximum atomic E-state index is 6.71. The number of aryl methyl sites for hydroxylation is 1. The summed E-state index contributed by atoms with van der Waals surface area (Å²) in [5.41, 5.74) is 3.14. The van der Waals surface area contributed by atoms with E-state index in [0.717, 1.165) is 6.42 Å². The summed E-state index contributed by atoms with van der Waals surface area (Å²) in [5, 5.41) is 0.281. The summed E-state index contributed by atoms with van der Waals surface area (Å²) in [4.78, 5) is 0. The Bertz CT molecular complexity index is 364. The average molecular weight is 251 g/mol. The van der Waals surface area contributed by atoms with E-state index in [4.69, 9.17) is 11.6 Å². The van der Waals surface area contributed by atoms with Crippen LogP contribution in [0.4, 0.5) is 0 Å².